The molecule has 27 heavy (non-hydrogen) atoms. The number of esters is 2. The van der Waals surface area contributed by atoms with Crippen molar-refractivity contribution in [1.29, 1.82) is 0 Å². The Hall–Kier alpha value is -2.59. The SMILES string of the molecule is COC(=O)C1=C(Nc2cc(OC)c(C(=O)OC)cc2Br)C(=O)N(CCO)C1. The molecule has 0 saturated heterocycles. The van der Waals surface area contributed by atoms with E-state index >= 15 is 0 Å². The second-order valence-electron chi connectivity index (χ2n) is 5.44. The van der Waals surface area contributed by atoms with Crippen LogP contribution in [0.2, 0.25) is 0 Å². The van der Waals surface area contributed by atoms with Gasteiger partial charge in [-0.1, -0.05) is 0 Å². The van der Waals surface area contributed by atoms with Gasteiger partial charge in [-0.15, -0.1) is 0 Å². The van der Waals surface area contributed by atoms with Gasteiger partial charge in [0.05, 0.1) is 45.7 Å². The minimum atomic E-state index is -0.652. The molecule has 146 valence electrons. The van der Waals surface area contributed by atoms with Crippen molar-refractivity contribution in [3.05, 3.63) is 33.4 Å². The predicted octanol–water partition coefficient (Wildman–Crippen LogP) is 0.918. The maximum Gasteiger partial charge on any atom is 0.341 e. The van der Waals surface area contributed by atoms with E-state index in [4.69, 9.17) is 19.3 Å². The first-order chi connectivity index (χ1) is 12.9. The van der Waals surface area contributed by atoms with E-state index in [0.717, 1.165) is 0 Å². The highest BCUT2D eigenvalue weighted by atomic mass is 79.9. The molecule has 9 nitrogen and oxygen atoms in total. The van der Waals surface area contributed by atoms with E-state index in [9.17, 15) is 14.4 Å². The quantitative estimate of drug-likeness (QED) is 0.599. The monoisotopic (exact) mass is 442 g/mol. The van der Waals surface area contributed by atoms with Crippen molar-refractivity contribution in [1.82, 2.24) is 4.90 Å². The van der Waals surface area contributed by atoms with Crippen LogP contribution in [0.4, 0.5) is 5.69 Å². The summed E-state index contributed by atoms with van der Waals surface area (Å²) in [5.74, 6) is -1.46. The number of methoxy groups -OCH3 is 3. The molecule has 2 rings (SSSR count). The summed E-state index contributed by atoms with van der Waals surface area (Å²) in [5.41, 5.74) is 0.761. The Kier molecular flexibility index (Phi) is 6.81. The Bertz CT molecular complexity index is 807. The Labute approximate surface area is 164 Å². The first-order valence-electron chi connectivity index (χ1n) is 7.82. The molecule has 0 aliphatic carbocycles. The summed E-state index contributed by atoms with van der Waals surface area (Å²) in [6, 6.07) is 2.98. The number of hydrogen-bond donors (Lipinski definition) is 2. The number of hydrogen-bond acceptors (Lipinski definition) is 8. The Morgan fingerprint density at radius 1 is 1.22 bits per heavy atom. The molecule has 1 aliphatic heterocycles. The molecule has 0 bridgehead atoms. The number of β-amino-alcohol motifs (C(OH)–C–C–N with tert-alkyl or cyclic N) is 1. The van der Waals surface area contributed by atoms with Gasteiger partial charge in [0.2, 0.25) is 0 Å². The number of anilines is 1. The summed E-state index contributed by atoms with van der Waals surface area (Å²) >= 11 is 3.33. The number of halogens is 1. The van der Waals surface area contributed by atoms with Crippen molar-refractivity contribution < 1.29 is 33.7 Å². The third-order valence-corrected chi connectivity index (χ3v) is 4.56. The van der Waals surface area contributed by atoms with Crippen LogP contribution in [0.25, 0.3) is 0 Å². The number of nitrogens with one attached hydrogen (secondary N) is 1. The number of nitrogens with zero attached hydrogens (tertiary/aromatic N) is 1. The van der Waals surface area contributed by atoms with Crippen molar-refractivity contribution >= 4 is 39.5 Å². The normalized spacial score (nSPS) is 13.7. The zero-order valence-corrected chi connectivity index (χ0v) is 16.6. The van der Waals surface area contributed by atoms with Crippen LogP contribution in [-0.2, 0) is 19.1 Å². The highest BCUT2D eigenvalue weighted by Gasteiger charge is 2.35. The van der Waals surface area contributed by atoms with Crippen molar-refractivity contribution in [3.63, 3.8) is 0 Å². The number of aliphatic hydroxyl groups excluding tert-OH is 1. The lowest BCUT2D eigenvalue weighted by Crippen LogP contribution is -2.31. The molecule has 0 radical (unpaired) electrons. The van der Waals surface area contributed by atoms with E-state index in [1.807, 2.05) is 0 Å². The molecule has 0 unspecified atom stereocenters. The summed E-state index contributed by atoms with van der Waals surface area (Å²) in [6.45, 7) is -0.140. The fourth-order valence-corrected chi connectivity index (χ4v) is 3.01. The first-order valence-corrected chi connectivity index (χ1v) is 8.61. The lowest BCUT2D eigenvalue weighted by Gasteiger charge is -2.16. The highest BCUT2D eigenvalue weighted by Crippen LogP contribution is 2.34. The third-order valence-electron chi connectivity index (χ3n) is 3.91. The van der Waals surface area contributed by atoms with Crippen LogP contribution in [0.1, 0.15) is 10.4 Å². The molecule has 1 aliphatic rings. The molecule has 1 aromatic rings. The Morgan fingerprint density at radius 2 is 1.89 bits per heavy atom. The van der Waals surface area contributed by atoms with Crippen LogP contribution < -0.4 is 10.1 Å². The van der Waals surface area contributed by atoms with E-state index in [-0.39, 0.29) is 42.3 Å². The molecule has 1 amide bonds. The van der Waals surface area contributed by atoms with Crippen molar-refractivity contribution in [2.24, 2.45) is 0 Å². The fraction of sp³-hybridized carbons (Fsp3) is 0.353. The van der Waals surface area contributed by atoms with E-state index in [0.29, 0.717) is 10.2 Å². The average Bonchev–Trinajstić information content (AvgIpc) is 2.97. The second kappa shape index (κ2) is 8.87. The van der Waals surface area contributed by atoms with Crippen molar-refractivity contribution in [2.75, 3.05) is 46.3 Å². The van der Waals surface area contributed by atoms with E-state index in [2.05, 4.69) is 21.2 Å². The van der Waals surface area contributed by atoms with Gasteiger partial charge >= 0.3 is 11.9 Å². The number of amides is 1. The Morgan fingerprint density at radius 3 is 2.44 bits per heavy atom. The summed E-state index contributed by atoms with van der Waals surface area (Å²) in [4.78, 5) is 37.8. The number of carbonyl (C=O) groups excluding carboxylic acids is 3. The van der Waals surface area contributed by atoms with E-state index < -0.39 is 17.8 Å². The highest BCUT2D eigenvalue weighted by molar-refractivity contribution is 9.10. The standard InChI is InChI=1S/C17H19BrN2O7/c1-25-13-7-12(11(18)6-9(13)16(23)26-2)19-14-10(17(24)27-3)8-20(4-5-21)15(14)22/h6-7,19,21H,4-5,8H2,1-3H3. The molecule has 1 heterocycles. The van der Waals surface area contributed by atoms with Gasteiger partial charge in [0, 0.05) is 17.1 Å². The number of benzene rings is 1. The van der Waals surface area contributed by atoms with E-state index in [1.165, 1.54) is 38.4 Å². The number of ether oxygens (including phenoxy) is 3. The van der Waals surface area contributed by atoms with Crippen LogP contribution in [0.5, 0.6) is 5.75 Å². The van der Waals surface area contributed by atoms with Crippen LogP contribution >= 0.6 is 15.9 Å². The minimum Gasteiger partial charge on any atom is -0.496 e. The average molecular weight is 443 g/mol. The van der Waals surface area contributed by atoms with Gasteiger partial charge in [-0.3, -0.25) is 4.79 Å². The maximum absolute atomic E-state index is 12.6. The summed E-state index contributed by atoms with van der Waals surface area (Å²) in [5, 5.41) is 12.0. The molecule has 10 heteroatoms. The molecule has 0 atom stereocenters. The molecular formula is C17H19BrN2O7. The van der Waals surface area contributed by atoms with Crippen LogP contribution in [-0.4, -0.2) is 68.9 Å². The van der Waals surface area contributed by atoms with Gasteiger partial charge in [-0.2, -0.15) is 0 Å². The van der Waals surface area contributed by atoms with Gasteiger partial charge in [0.25, 0.3) is 5.91 Å². The smallest absolute Gasteiger partial charge is 0.341 e. The first kappa shape index (κ1) is 20.7. The molecule has 2 N–H and O–H groups in total. The summed E-state index contributed by atoms with van der Waals surface area (Å²) in [6.07, 6.45) is 0. The molecule has 0 spiro atoms. The van der Waals surface area contributed by atoms with Crippen LogP contribution in [0.15, 0.2) is 27.9 Å². The van der Waals surface area contributed by atoms with Crippen molar-refractivity contribution in [2.45, 2.75) is 0 Å². The van der Waals surface area contributed by atoms with Crippen molar-refractivity contribution in [3.8, 4) is 5.75 Å². The summed E-state index contributed by atoms with van der Waals surface area (Å²) in [7, 11) is 3.86. The molecule has 1 aromatic carbocycles. The zero-order chi connectivity index (χ0) is 20.1. The summed E-state index contributed by atoms with van der Waals surface area (Å²) < 4.78 is 15.1. The lowest BCUT2D eigenvalue weighted by molar-refractivity contribution is -0.136. The second-order valence-corrected chi connectivity index (χ2v) is 6.30. The largest absolute Gasteiger partial charge is 0.496 e. The molecular weight excluding hydrogens is 424 g/mol. The van der Waals surface area contributed by atoms with Gasteiger partial charge < -0.3 is 29.5 Å². The third kappa shape index (κ3) is 4.22. The molecule has 0 aromatic heterocycles. The Balaban J connectivity index is 2.45. The number of carbonyl (C=O) groups is 3. The van der Waals surface area contributed by atoms with E-state index in [1.54, 1.807) is 0 Å². The molecule has 0 fully saturated rings. The number of aliphatic hydroxyl groups is 1. The minimum absolute atomic E-state index is 0.0173. The van der Waals surface area contributed by atoms with Gasteiger partial charge in [0.1, 0.15) is 17.0 Å². The fourth-order valence-electron chi connectivity index (χ4n) is 2.57. The lowest BCUT2D eigenvalue weighted by atomic mass is 10.1. The van der Waals surface area contributed by atoms with Gasteiger partial charge in [-0.25, -0.2) is 9.59 Å². The molecule has 0 saturated carbocycles. The van der Waals surface area contributed by atoms with Crippen LogP contribution in [0.3, 0.4) is 0 Å². The topological polar surface area (TPSA) is 114 Å². The predicted molar refractivity (Wildman–Crippen MR) is 98.4 cm³/mol. The van der Waals surface area contributed by atoms with Crippen LogP contribution in [0, 0.1) is 0 Å². The maximum atomic E-state index is 12.6. The van der Waals surface area contributed by atoms with Gasteiger partial charge in [-0.05, 0) is 22.0 Å². The van der Waals surface area contributed by atoms with Gasteiger partial charge in [0.15, 0.2) is 0 Å². The number of rotatable bonds is 7. The zero-order valence-electron chi connectivity index (χ0n) is 15.0.